The van der Waals surface area contributed by atoms with Gasteiger partial charge in [0.05, 0.1) is 12.8 Å². The molecule has 0 radical (unpaired) electrons. The Bertz CT molecular complexity index is 1990. The molecule has 4 rings (SSSR count). The molecule has 7 nitrogen and oxygen atoms in total. The summed E-state index contributed by atoms with van der Waals surface area (Å²) in [5, 5.41) is 32.4. The van der Waals surface area contributed by atoms with Crippen molar-refractivity contribution in [2.45, 2.75) is 150 Å². The normalized spacial score (nSPS) is 16.6. The molecule has 1 aliphatic carbocycles. The molecule has 3 aromatic carbocycles. The van der Waals surface area contributed by atoms with Crippen LogP contribution in [0.5, 0.6) is 17.2 Å². The van der Waals surface area contributed by atoms with Crippen molar-refractivity contribution in [2.75, 3.05) is 13.2 Å². The Morgan fingerprint density at radius 1 is 0.552 bits per heavy atom. The summed E-state index contributed by atoms with van der Waals surface area (Å²) in [6.07, 6.45) is 5.35. The lowest BCUT2D eigenvalue weighted by Crippen LogP contribution is -2.32. The molecule has 0 bridgehead atoms. The van der Waals surface area contributed by atoms with E-state index in [9.17, 15) is 24.9 Å². The molecule has 0 aliphatic heterocycles. The van der Waals surface area contributed by atoms with Crippen molar-refractivity contribution in [1.29, 1.82) is 0 Å². The molecule has 0 saturated carbocycles. The molecule has 1 aliphatic rings. The third kappa shape index (κ3) is 10.4. The first-order valence-electron chi connectivity index (χ1n) is 20.7. The van der Waals surface area contributed by atoms with Gasteiger partial charge in [0.15, 0.2) is 0 Å². The number of phenols is 3. The zero-order valence-corrected chi connectivity index (χ0v) is 37.9. The minimum absolute atomic E-state index is 0.0340. The van der Waals surface area contributed by atoms with Crippen molar-refractivity contribution in [2.24, 2.45) is 11.3 Å². The Labute approximate surface area is 348 Å². The smallest absolute Gasteiger partial charge is 0.307 e. The van der Waals surface area contributed by atoms with Crippen molar-refractivity contribution in [3.63, 3.8) is 0 Å². The quantitative estimate of drug-likeness (QED) is 0.131. The number of esters is 2. The molecule has 0 fully saturated rings. The van der Waals surface area contributed by atoms with Crippen molar-refractivity contribution in [1.82, 2.24) is 0 Å². The largest absolute Gasteiger partial charge is 0.508 e. The molecular formula is C51H70O7. The predicted molar refractivity (Wildman–Crippen MR) is 235 cm³/mol. The summed E-state index contributed by atoms with van der Waals surface area (Å²) in [4.78, 5) is 27.5. The number of hydrogen-bond acceptors (Lipinski definition) is 7. The van der Waals surface area contributed by atoms with Gasteiger partial charge in [0.2, 0.25) is 0 Å². The van der Waals surface area contributed by atoms with Crippen molar-refractivity contribution < 1.29 is 34.4 Å². The highest BCUT2D eigenvalue weighted by Crippen LogP contribution is 2.47. The molecular weight excluding hydrogens is 725 g/mol. The van der Waals surface area contributed by atoms with Gasteiger partial charge in [0.1, 0.15) is 30.5 Å². The van der Waals surface area contributed by atoms with Crippen LogP contribution in [0.25, 0.3) is 0 Å². The van der Waals surface area contributed by atoms with Gasteiger partial charge in [0, 0.05) is 10.8 Å². The Morgan fingerprint density at radius 2 is 0.897 bits per heavy atom. The van der Waals surface area contributed by atoms with Gasteiger partial charge < -0.3 is 24.8 Å². The molecule has 316 valence electrons. The molecule has 2 unspecified atom stereocenters. The van der Waals surface area contributed by atoms with Gasteiger partial charge in [-0.2, -0.15) is 0 Å². The maximum atomic E-state index is 13.8. The molecule has 0 heterocycles. The number of carbonyl (C=O) groups is 2. The van der Waals surface area contributed by atoms with E-state index in [4.69, 9.17) is 9.47 Å². The number of ether oxygens (including phenoxy) is 2. The molecule has 3 N–H and O–H groups in total. The Hall–Kier alpha value is -4.52. The van der Waals surface area contributed by atoms with Crippen LogP contribution in [0.15, 0.2) is 77.9 Å². The van der Waals surface area contributed by atoms with Crippen LogP contribution < -0.4 is 0 Å². The highest BCUT2D eigenvalue weighted by Gasteiger charge is 2.39. The Balaban J connectivity index is 1.58. The molecule has 0 aromatic heterocycles. The van der Waals surface area contributed by atoms with E-state index in [1.54, 1.807) is 18.2 Å². The summed E-state index contributed by atoms with van der Waals surface area (Å²) in [6, 6.07) is 16.5. The highest BCUT2D eigenvalue weighted by molar-refractivity contribution is 5.74. The van der Waals surface area contributed by atoms with Gasteiger partial charge in [-0.3, -0.25) is 9.59 Å². The maximum Gasteiger partial charge on any atom is 0.307 e. The molecule has 7 heteroatoms. The molecule has 58 heavy (non-hydrogen) atoms. The summed E-state index contributed by atoms with van der Waals surface area (Å²) in [5.41, 5.74) is 4.48. The Kier molecular flexibility index (Phi) is 13.2. The number of aromatic hydroxyl groups is 3. The Morgan fingerprint density at radius 3 is 1.24 bits per heavy atom. The molecule has 2 atom stereocenters. The van der Waals surface area contributed by atoms with Crippen LogP contribution >= 0.6 is 0 Å². The van der Waals surface area contributed by atoms with Gasteiger partial charge in [-0.15, -0.1) is 0 Å². The summed E-state index contributed by atoms with van der Waals surface area (Å²) >= 11 is 0. The molecule has 0 spiro atoms. The van der Waals surface area contributed by atoms with Crippen molar-refractivity contribution >= 4 is 11.9 Å². The zero-order valence-electron chi connectivity index (χ0n) is 37.9. The third-order valence-electron chi connectivity index (χ3n) is 12.0. The maximum absolute atomic E-state index is 13.8. The van der Waals surface area contributed by atoms with E-state index in [1.807, 2.05) is 84.9 Å². The molecule has 3 aromatic rings. The fourth-order valence-corrected chi connectivity index (χ4v) is 8.31. The van der Waals surface area contributed by atoms with Crippen LogP contribution in [-0.2, 0) is 46.1 Å². The van der Waals surface area contributed by atoms with Gasteiger partial charge in [0.25, 0.3) is 0 Å². The first kappa shape index (κ1) is 46.2. The van der Waals surface area contributed by atoms with Crippen LogP contribution in [-0.4, -0.2) is 40.5 Å². The number of allylic oxidation sites excluding steroid dienone is 4. The second kappa shape index (κ2) is 16.6. The lowest BCUT2D eigenvalue weighted by Gasteiger charge is -2.38. The van der Waals surface area contributed by atoms with Crippen LogP contribution in [0.1, 0.15) is 156 Å². The average Bonchev–Trinajstić information content (AvgIpc) is 3.08. The standard InChI is InChI=1S/C51H70O7/c1-32-16-17-33(26-37(32)46(2,3)4)50(14,34-18-21-41(52)38(27-34)47(5,6)7)30-44(55)57-24-25-58-45(56)31-51(15,35-19-22-42(53)39(28-35)48(8,9)10)36-20-23-43(54)40(29-36)49(11,12)13/h17-23,26-29,32,52-54H,16,24-25,30-31H2,1-15H3. The van der Waals surface area contributed by atoms with E-state index < -0.39 is 22.8 Å². The zero-order chi connectivity index (χ0) is 43.8. The topological polar surface area (TPSA) is 113 Å². The van der Waals surface area contributed by atoms with E-state index in [2.05, 4.69) is 67.5 Å². The summed E-state index contributed by atoms with van der Waals surface area (Å²) < 4.78 is 11.6. The SMILES string of the molecule is CC1CC=C(C(C)(CC(=O)OCCOC(=O)CC(C)(c2ccc(O)c(C(C)(C)C)c2)c2ccc(O)c(C(C)(C)C)c2)c2ccc(O)c(C(C)(C)C)c2)C=C1C(C)(C)C. The van der Waals surface area contributed by atoms with Crippen LogP contribution in [0, 0.1) is 11.3 Å². The lowest BCUT2D eigenvalue weighted by molar-refractivity contribution is -0.153. The predicted octanol–water partition coefficient (Wildman–Crippen LogP) is 11.8. The van der Waals surface area contributed by atoms with E-state index >= 15 is 0 Å². The monoisotopic (exact) mass is 795 g/mol. The minimum atomic E-state index is -0.891. The van der Waals surface area contributed by atoms with Crippen molar-refractivity contribution in [3.05, 3.63) is 111 Å². The number of phenolic OH excluding ortho intramolecular Hbond substituents is 3. The van der Waals surface area contributed by atoms with Gasteiger partial charge in [-0.1, -0.05) is 158 Å². The van der Waals surface area contributed by atoms with Crippen LogP contribution in [0.2, 0.25) is 0 Å². The second-order valence-electron chi connectivity index (χ2n) is 21.1. The highest BCUT2D eigenvalue weighted by atomic mass is 16.6. The average molecular weight is 795 g/mol. The van der Waals surface area contributed by atoms with Gasteiger partial charge >= 0.3 is 11.9 Å². The summed E-state index contributed by atoms with van der Waals surface area (Å²) in [7, 11) is 0. The van der Waals surface area contributed by atoms with Gasteiger partial charge in [-0.05, 0) is 91.2 Å². The number of benzene rings is 3. The number of carbonyl (C=O) groups excluding carboxylic acids is 2. The molecule has 0 amide bonds. The van der Waals surface area contributed by atoms with Crippen molar-refractivity contribution in [3.8, 4) is 17.2 Å². The van der Waals surface area contributed by atoms with E-state index in [-0.39, 0.29) is 65.0 Å². The number of rotatable bonds is 11. The fourth-order valence-electron chi connectivity index (χ4n) is 8.31. The van der Waals surface area contributed by atoms with E-state index in [0.29, 0.717) is 5.92 Å². The van der Waals surface area contributed by atoms with E-state index in [1.165, 1.54) is 5.57 Å². The molecule has 0 saturated heterocycles. The van der Waals surface area contributed by atoms with Crippen LogP contribution in [0.4, 0.5) is 0 Å². The fraction of sp³-hybridized carbons (Fsp3) is 0.529. The minimum Gasteiger partial charge on any atom is -0.508 e. The van der Waals surface area contributed by atoms with Crippen LogP contribution in [0.3, 0.4) is 0 Å². The van der Waals surface area contributed by atoms with Gasteiger partial charge in [-0.25, -0.2) is 0 Å². The summed E-state index contributed by atoms with van der Waals surface area (Å²) in [6.45, 7) is 31.0. The second-order valence-corrected chi connectivity index (χ2v) is 21.1. The third-order valence-corrected chi connectivity index (χ3v) is 12.0. The first-order valence-corrected chi connectivity index (χ1v) is 20.7. The lowest BCUT2D eigenvalue weighted by atomic mass is 9.66. The summed E-state index contributed by atoms with van der Waals surface area (Å²) in [5.74, 6) is 0.0540. The van der Waals surface area contributed by atoms with E-state index in [0.717, 1.165) is 45.4 Å². The number of hydrogen-bond donors (Lipinski definition) is 3. The first-order chi connectivity index (χ1) is 26.5.